The molecule has 0 amide bonds. The average molecular weight is 1020 g/mol. The van der Waals surface area contributed by atoms with Gasteiger partial charge in [0.25, 0.3) is 0 Å². The van der Waals surface area contributed by atoms with Gasteiger partial charge in [0.05, 0.1) is 0 Å². The van der Waals surface area contributed by atoms with Crippen LogP contribution in [0.15, 0.2) is 48.5 Å². The third-order valence-corrected chi connectivity index (χ3v) is 8.99. The van der Waals surface area contributed by atoms with Gasteiger partial charge < -0.3 is 0 Å². The van der Waals surface area contributed by atoms with E-state index >= 15 is 0 Å². The zero-order valence-electron chi connectivity index (χ0n) is 29.0. The second-order valence-corrected chi connectivity index (χ2v) is 13.0. The lowest BCUT2D eigenvalue weighted by molar-refractivity contribution is -0.462. The molecule has 0 radical (unpaired) electrons. The van der Waals surface area contributed by atoms with Crippen molar-refractivity contribution in [2.45, 2.75) is 108 Å². The monoisotopic (exact) mass is 1020 g/mol. The molecule has 0 N–H and O–H groups in total. The van der Waals surface area contributed by atoms with Crippen LogP contribution >= 0.6 is 0 Å². The summed E-state index contributed by atoms with van der Waals surface area (Å²) < 4.78 is 463. The lowest BCUT2D eigenvalue weighted by Gasteiger charge is -2.42. The Hall–Kier alpha value is -3.94. The van der Waals surface area contributed by atoms with Gasteiger partial charge in [0.2, 0.25) is 0 Å². The van der Waals surface area contributed by atoms with E-state index in [-0.39, 0.29) is 24.3 Å². The molecule has 34 heteroatoms. The third-order valence-electron chi connectivity index (χ3n) is 8.99. The molecule has 370 valence electrons. The summed E-state index contributed by atoms with van der Waals surface area (Å²) in [5.74, 6) is -120. The molecule has 64 heavy (non-hydrogen) atoms. The molecule has 0 aliphatic rings. The van der Waals surface area contributed by atoms with Crippen molar-refractivity contribution in [1.82, 2.24) is 0 Å². The quantitative estimate of drug-likeness (QED) is 0.147. The van der Waals surface area contributed by atoms with Crippen LogP contribution in [-0.4, -0.2) is 83.4 Å². The summed E-state index contributed by atoms with van der Waals surface area (Å²) in [5, 5.41) is 0. The maximum Gasteiger partial charge on any atom is 0.460 e. The van der Waals surface area contributed by atoms with Crippen molar-refractivity contribution in [3.8, 4) is 0 Å². The molecule has 0 saturated carbocycles. The van der Waals surface area contributed by atoms with E-state index in [1.165, 1.54) is 0 Å². The first-order valence-electron chi connectivity index (χ1n) is 15.2. The normalized spacial score (nSPS) is 16.2. The summed E-state index contributed by atoms with van der Waals surface area (Å²) in [6.07, 6.45) is -16.0. The van der Waals surface area contributed by atoms with Crippen LogP contribution in [0, 0.1) is 0 Å². The van der Waals surface area contributed by atoms with Crippen molar-refractivity contribution in [2.75, 3.05) is 0 Å². The van der Waals surface area contributed by atoms with Gasteiger partial charge in [-0.25, -0.2) is 0 Å². The van der Waals surface area contributed by atoms with Crippen molar-refractivity contribution in [3.05, 3.63) is 70.8 Å². The fraction of sp³-hybridized carbons (Fsp3) is 0.600. The molecule has 2 aromatic carbocycles. The SMILES string of the molecule is CC(c1ccc(C(F)(F)C(F)(F)C(F)(F)C(F)(F)C(F)(F)C(F)(F)C(F)(F)C(F)(F)F)cc1)c1ccc(C(F)(F)C(F)(F)C(F)(F)C(F)(F)C(F)(F)C(F)(F)C(F)(F)C(F)(F)F)cc1. The molecular formula is C30H12F34. The first kappa shape index (κ1) is 56.2. The van der Waals surface area contributed by atoms with E-state index in [1.54, 1.807) is 0 Å². The fourth-order valence-corrected chi connectivity index (χ4v) is 4.84. The number of benzene rings is 2. The summed E-state index contributed by atoms with van der Waals surface area (Å²) in [5.41, 5.74) is -7.09. The van der Waals surface area contributed by atoms with Gasteiger partial charge in [-0.3, -0.25) is 0 Å². The highest BCUT2D eigenvalue weighted by atomic mass is 19.4. The Morgan fingerprint density at radius 1 is 0.234 bits per heavy atom. The predicted molar refractivity (Wildman–Crippen MR) is 140 cm³/mol. The van der Waals surface area contributed by atoms with E-state index in [0.29, 0.717) is 6.92 Å². The van der Waals surface area contributed by atoms with Crippen molar-refractivity contribution in [3.63, 3.8) is 0 Å². The molecule has 2 aromatic rings. The third kappa shape index (κ3) is 7.20. The molecule has 0 heterocycles. The first-order chi connectivity index (χ1) is 27.6. The van der Waals surface area contributed by atoms with E-state index in [2.05, 4.69) is 0 Å². The maximum atomic E-state index is 14.6. The molecule has 0 unspecified atom stereocenters. The van der Waals surface area contributed by atoms with Crippen LogP contribution in [0.3, 0.4) is 0 Å². The molecule has 0 bridgehead atoms. The van der Waals surface area contributed by atoms with E-state index in [9.17, 15) is 149 Å². The van der Waals surface area contributed by atoms with E-state index < -0.39 is 148 Å². The van der Waals surface area contributed by atoms with Gasteiger partial charge in [0.1, 0.15) is 0 Å². The maximum absolute atomic E-state index is 14.6. The Balaban J connectivity index is 2.55. The zero-order valence-corrected chi connectivity index (χ0v) is 29.0. The Bertz CT molecular complexity index is 1820. The van der Waals surface area contributed by atoms with Crippen molar-refractivity contribution in [2.24, 2.45) is 0 Å². The summed E-state index contributed by atoms with van der Waals surface area (Å²) >= 11 is 0. The van der Waals surface area contributed by atoms with Gasteiger partial charge in [0.15, 0.2) is 0 Å². The Kier molecular flexibility index (Phi) is 13.2. The molecule has 0 aliphatic heterocycles. The minimum Gasteiger partial charge on any atom is -0.194 e. The fourth-order valence-electron chi connectivity index (χ4n) is 4.84. The zero-order chi connectivity index (χ0) is 51.5. The molecule has 2 rings (SSSR count). The van der Waals surface area contributed by atoms with Gasteiger partial charge in [0, 0.05) is 17.0 Å². The smallest absolute Gasteiger partial charge is 0.194 e. The number of alkyl halides is 34. The second kappa shape index (κ2) is 15.0. The minimum absolute atomic E-state index is 0.0233. The summed E-state index contributed by atoms with van der Waals surface area (Å²) in [6, 6.07) is -2.34. The van der Waals surface area contributed by atoms with Crippen molar-refractivity contribution < 1.29 is 149 Å². The minimum atomic E-state index is -8.95. The molecule has 0 aliphatic carbocycles. The van der Waals surface area contributed by atoms with Gasteiger partial charge in [-0.2, -0.15) is 149 Å². The summed E-state index contributed by atoms with van der Waals surface area (Å²) in [7, 11) is 0. The molecule has 0 spiro atoms. The van der Waals surface area contributed by atoms with Crippen LogP contribution < -0.4 is 0 Å². The predicted octanol–water partition coefficient (Wildman–Crippen LogP) is 14.8. The largest absolute Gasteiger partial charge is 0.460 e. The number of rotatable bonds is 16. The van der Waals surface area contributed by atoms with E-state index in [4.69, 9.17) is 0 Å². The van der Waals surface area contributed by atoms with Gasteiger partial charge >= 0.3 is 95.3 Å². The highest BCUT2D eigenvalue weighted by Crippen LogP contribution is 2.67. The Morgan fingerprint density at radius 2 is 0.391 bits per heavy atom. The Morgan fingerprint density at radius 3 is 0.562 bits per heavy atom. The topological polar surface area (TPSA) is 0 Å². The highest BCUT2D eigenvalue weighted by molar-refractivity contribution is 5.38. The first-order valence-corrected chi connectivity index (χ1v) is 15.2. The second-order valence-electron chi connectivity index (χ2n) is 13.0. The molecule has 0 nitrogen and oxygen atoms in total. The van der Waals surface area contributed by atoms with Crippen molar-refractivity contribution >= 4 is 0 Å². The summed E-state index contributed by atoms with van der Waals surface area (Å²) in [6.45, 7) is 0.685. The van der Waals surface area contributed by atoms with Crippen LogP contribution in [0.4, 0.5) is 149 Å². The van der Waals surface area contributed by atoms with Gasteiger partial charge in [-0.05, 0) is 11.1 Å². The number of halogens is 34. The van der Waals surface area contributed by atoms with Crippen LogP contribution in [-0.2, 0) is 11.8 Å². The van der Waals surface area contributed by atoms with Gasteiger partial charge in [-0.15, -0.1) is 0 Å². The lowest BCUT2D eigenvalue weighted by Crippen LogP contribution is -2.74. The Labute approximate surface area is 329 Å². The van der Waals surface area contributed by atoms with Crippen LogP contribution in [0.25, 0.3) is 0 Å². The van der Waals surface area contributed by atoms with Crippen LogP contribution in [0.2, 0.25) is 0 Å². The summed E-state index contributed by atoms with van der Waals surface area (Å²) in [4.78, 5) is 0. The molecule has 0 fully saturated rings. The molecule has 0 atom stereocenters. The van der Waals surface area contributed by atoms with Gasteiger partial charge in [-0.1, -0.05) is 55.5 Å². The average Bonchev–Trinajstić information content (AvgIpc) is 3.12. The number of hydrogen-bond donors (Lipinski definition) is 0. The van der Waals surface area contributed by atoms with Crippen LogP contribution in [0.5, 0.6) is 0 Å². The van der Waals surface area contributed by atoms with E-state index in [1.807, 2.05) is 0 Å². The standard InChI is InChI=1S/C30H12F34/c1-10(11-2-6-13(7-3-11)15(31,32)17(35,36)19(39,40)21(43,44)23(47,48)25(51,52)27(55,56)29(59,60)61)12-4-8-14(9-5-12)16(33,34)18(37,38)20(41,42)22(45,46)24(49,50)26(53,54)28(57,58)30(62,63)64/h2-10H,1H3. The molecular weight excluding hydrogens is 1010 g/mol. The van der Waals surface area contributed by atoms with E-state index in [0.717, 1.165) is 0 Å². The highest BCUT2D eigenvalue weighted by Gasteiger charge is 2.97. The lowest BCUT2D eigenvalue weighted by atomic mass is 9.85. The van der Waals surface area contributed by atoms with Crippen molar-refractivity contribution in [1.29, 1.82) is 0 Å². The van der Waals surface area contributed by atoms with Crippen LogP contribution in [0.1, 0.15) is 35.1 Å². The number of hydrogen-bond acceptors (Lipinski definition) is 0. The molecule has 0 aromatic heterocycles. The molecule has 0 saturated heterocycles.